The molecule has 1 aromatic carbocycles. The van der Waals surface area contributed by atoms with Gasteiger partial charge in [-0.05, 0) is 30.3 Å². The molecule has 0 atom stereocenters. The van der Waals surface area contributed by atoms with Gasteiger partial charge in [0, 0.05) is 26.0 Å². The maximum atomic E-state index is 12.4. The van der Waals surface area contributed by atoms with E-state index >= 15 is 0 Å². The summed E-state index contributed by atoms with van der Waals surface area (Å²) in [7, 11) is 0.488. The topological polar surface area (TPSA) is 88.6 Å². The first-order valence-electron chi connectivity index (χ1n) is 6.79. The molecule has 2 rings (SSSR count). The molecule has 9 heteroatoms. The number of pyridine rings is 1. The molecule has 0 bridgehead atoms. The molecule has 0 aliphatic rings. The number of rotatable bonds is 5. The average Bonchev–Trinajstić information content (AvgIpc) is 2.55. The van der Waals surface area contributed by atoms with E-state index in [-0.39, 0.29) is 15.8 Å². The van der Waals surface area contributed by atoms with Gasteiger partial charge in [-0.2, -0.15) is 0 Å². The van der Waals surface area contributed by atoms with E-state index in [0.29, 0.717) is 11.3 Å². The van der Waals surface area contributed by atoms with Crippen LogP contribution in [-0.2, 0) is 10.0 Å². The van der Waals surface area contributed by atoms with Crippen molar-refractivity contribution in [3.8, 4) is 5.75 Å². The summed E-state index contributed by atoms with van der Waals surface area (Å²) in [5, 5.41) is 2.89. The minimum absolute atomic E-state index is 0.0398. The summed E-state index contributed by atoms with van der Waals surface area (Å²) < 4.78 is 30.9. The second kappa shape index (κ2) is 7.16. The number of aromatic nitrogens is 1. The van der Waals surface area contributed by atoms with Crippen LogP contribution in [-0.4, -0.2) is 44.8 Å². The van der Waals surface area contributed by atoms with Crippen LogP contribution in [0.5, 0.6) is 5.75 Å². The summed E-state index contributed by atoms with van der Waals surface area (Å²) in [5.41, 5.74) is 0.614. The molecule has 24 heavy (non-hydrogen) atoms. The Kier molecular flexibility index (Phi) is 5.43. The second-order valence-electron chi connectivity index (χ2n) is 4.98. The number of methoxy groups -OCH3 is 1. The smallest absolute Gasteiger partial charge is 0.257 e. The van der Waals surface area contributed by atoms with Gasteiger partial charge >= 0.3 is 0 Å². The monoisotopic (exact) mass is 369 g/mol. The van der Waals surface area contributed by atoms with Crippen molar-refractivity contribution in [1.29, 1.82) is 0 Å². The van der Waals surface area contributed by atoms with Gasteiger partial charge in [0.25, 0.3) is 5.91 Å². The minimum Gasteiger partial charge on any atom is -0.495 e. The molecule has 0 aliphatic carbocycles. The van der Waals surface area contributed by atoms with E-state index in [2.05, 4.69) is 10.3 Å². The van der Waals surface area contributed by atoms with Gasteiger partial charge in [-0.3, -0.25) is 4.79 Å². The Morgan fingerprint density at radius 2 is 1.96 bits per heavy atom. The third kappa shape index (κ3) is 3.84. The SMILES string of the molecule is COc1ccc(NC(=O)c2ccc(Cl)nc2)cc1S(=O)(=O)N(C)C. The molecule has 1 aromatic heterocycles. The number of hydrogen-bond donors (Lipinski definition) is 1. The molecule has 2 aromatic rings. The van der Waals surface area contributed by atoms with Crippen molar-refractivity contribution < 1.29 is 17.9 Å². The highest BCUT2D eigenvalue weighted by Crippen LogP contribution is 2.29. The predicted molar refractivity (Wildman–Crippen MR) is 91.1 cm³/mol. The van der Waals surface area contributed by atoms with E-state index in [1.54, 1.807) is 6.07 Å². The third-order valence-electron chi connectivity index (χ3n) is 3.17. The lowest BCUT2D eigenvalue weighted by Gasteiger charge is -2.16. The third-order valence-corrected chi connectivity index (χ3v) is 5.23. The molecule has 0 aliphatic heterocycles. The normalized spacial score (nSPS) is 11.4. The van der Waals surface area contributed by atoms with E-state index in [0.717, 1.165) is 4.31 Å². The van der Waals surface area contributed by atoms with Crippen LogP contribution in [0.2, 0.25) is 5.15 Å². The zero-order valence-electron chi connectivity index (χ0n) is 13.3. The van der Waals surface area contributed by atoms with Crippen molar-refractivity contribution in [3.63, 3.8) is 0 Å². The Labute approximate surface area is 145 Å². The summed E-state index contributed by atoms with van der Waals surface area (Å²) in [4.78, 5) is 16.0. The van der Waals surface area contributed by atoms with Gasteiger partial charge in [0.1, 0.15) is 15.8 Å². The summed E-state index contributed by atoms with van der Waals surface area (Å²) in [6.45, 7) is 0. The van der Waals surface area contributed by atoms with Crippen LogP contribution in [0.4, 0.5) is 5.69 Å². The van der Waals surface area contributed by atoms with Crippen LogP contribution in [0.15, 0.2) is 41.4 Å². The zero-order chi connectivity index (χ0) is 17.9. The van der Waals surface area contributed by atoms with Crippen LogP contribution in [0.3, 0.4) is 0 Å². The van der Waals surface area contributed by atoms with Gasteiger partial charge in [-0.1, -0.05) is 11.6 Å². The van der Waals surface area contributed by atoms with E-state index in [9.17, 15) is 13.2 Å². The average molecular weight is 370 g/mol. The lowest BCUT2D eigenvalue weighted by atomic mass is 10.2. The summed E-state index contributed by atoms with van der Waals surface area (Å²) >= 11 is 5.68. The zero-order valence-corrected chi connectivity index (χ0v) is 14.9. The molecular formula is C15H16ClN3O4S. The lowest BCUT2D eigenvalue weighted by molar-refractivity contribution is 0.102. The first-order chi connectivity index (χ1) is 11.3. The second-order valence-corrected chi connectivity index (χ2v) is 7.48. The van der Waals surface area contributed by atoms with Crippen LogP contribution in [0, 0.1) is 0 Å². The molecule has 1 N–H and O–H groups in total. The molecule has 7 nitrogen and oxygen atoms in total. The molecule has 0 spiro atoms. The van der Waals surface area contributed by atoms with Gasteiger partial charge in [-0.25, -0.2) is 17.7 Å². The molecule has 1 amide bonds. The predicted octanol–water partition coefficient (Wildman–Crippen LogP) is 2.25. The number of halogens is 1. The van der Waals surface area contributed by atoms with E-state index in [1.165, 1.54) is 51.7 Å². The highest BCUT2D eigenvalue weighted by molar-refractivity contribution is 7.89. The number of carbonyl (C=O) groups is 1. The number of nitrogens with zero attached hydrogens (tertiary/aromatic N) is 2. The minimum atomic E-state index is -3.72. The van der Waals surface area contributed by atoms with Gasteiger partial charge in [0.15, 0.2) is 0 Å². The Morgan fingerprint density at radius 3 is 2.50 bits per heavy atom. The molecule has 0 fully saturated rings. The van der Waals surface area contributed by atoms with Crippen LogP contribution >= 0.6 is 11.6 Å². The Morgan fingerprint density at radius 1 is 1.25 bits per heavy atom. The number of nitrogens with one attached hydrogen (secondary N) is 1. The molecule has 0 saturated carbocycles. The Balaban J connectivity index is 2.35. The van der Waals surface area contributed by atoms with Crippen molar-refractivity contribution in [2.45, 2.75) is 4.90 Å². The van der Waals surface area contributed by atoms with Crippen molar-refractivity contribution in [2.24, 2.45) is 0 Å². The van der Waals surface area contributed by atoms with Crippen LogP contribution < -0.4 is 10.1 Å². The highest BCUT2D eigenvalue weighted by Gasteiger charge is 2.23. The van der Waals surface area contributed by atoms with Crippen LogP contribution in [0.1, 0.15) is 10.4 Å². The molecule has 128 valence electrons. The number of anilines is 1. The maximum absolute atomic E-state index is 12.4. The molecule has 0 saturated heterocycles. The molecule has 0 radical (unpaired) electrons. The lowest BCUT2D eigenvalue weighted by Crippen LogP contribution is -2.23. The molecule has 1 heterocycles. The number of ether oxygens (including phenoxy) is 1. The van der Waals surface area contributed by atoms with Gasteiger partial charge < -0.3 is 10.1 Å². The number of sulfonamides is 1. The van der Waals surface area contributed by atoms with E-state index < -0.39 is 15.9 Å². The fraction of sp³-hybridized carbons (Fsp3) is 0.200. The highest BCUT2D eigenvalue weighted by atomic mass is 35.5. The van der Waals surface area contributed by atoms with E-state index in [1.807, 2.05) is 0 Å². The number of amides is 1. The molecule has 0 unspecified atom stereocenters. The van der Waals surface area contributed by atoms with E-state index in [4.69, 9.17) is 16.3 Å². The summed E-state index contributed by atoms with van der Waals surface area (Å²) in [5.74, 6) is -0.243. The number of carbonyl (C=O) groups excluding carboxylic acids is 1. The maximum Gasteiger partial charge on any atom is 0.257 e. The van der Waals surface area contributed by atoms with Crippen molar-refractivity contribution in [1.82, 2.24) is 9.29 Å². The summed E-state index contributed by atoms with van der Waals surface area (Å²) in [6, 6.07) is 7.38. The number of hydrogen-bond acceptors (Lipinski definition) is 5. The van der Waals surface area contributed by atoms with Crippen molar-refractivity contribution in [2.75, 3.05) is 26.5 Å². The Bertz CT molecular complexity index is 852. The standard InChI is InChI=1S/C15H16ClN3O4S/c1-19(2)24(21,22)13-8-11(5-6-12(13)23-3)18-15(20)10-4-7-14(16)17-9-10/h4-9H,1-3H3,(H,18,20). The van der Waals surface area contributed by atoms with Gasteiger partial charge in [0.2, 0.25) is 10.0 Å². The first kappa shape index (κ1) is 18.2. The largest absolute Gasteiger partial charge is 0.495 e. The van der Waals surface area contributed by atoms with Gasteiger partial charge in [-0.15, -0.1) is 0 Å². The quantitative estimate of drug-likeness (QED) is 0.816. The fourth-order valence-corrected chi connectivity index (χ4v) is 3.05. The van der Waals surface area contributed by atoms with Gasteiger partial charge in [0.05, 0.1) is 12.7 Å². The first-order valence-corrected chi connectivity index (χ1v) is 8.61. The van der Waals surface area contributed by atoms with Crippen LogP contribution in [0.25, 0.3) is 0 Å². The summed E-state index contributed by atoms with van der Waals surface area (Å²) in [6.07, 6.45) is 1.33. The number of benzene rings is 1. The molecular weight excluding hydrogens is 354 g/mol. The fourth-order valence-electron chi connectivity index (χ4n) is 1.87. The Hall–Kier alpha value is -2.16. The van der Waals surface area contributed by atoms with Crippen molar-refractivity contribution >= 4 is 33.2 Å². The van der Waals surface area contributed by atoms with Crippen molar-refractivity contribution in [3.05, 3.63) is 47.2 Å².